The Morgan fingerprint density at radius 3 is 2.67 bits per heavy atom. The van der Waals surface area contributed by atoms with Crippen molar-refractivity contribution in [2.24, 2.45) is 0 Å². The Morgan fingerprint density at radius 1 is 1.39 bits per heavy atom. The van der Waals surface area contributed by atoms with E-state index in [0.717, 1.165) is 18.8 Å². The van der Waals surface area contributed by atoms with Gasteiger partial charge in [0.25, 0.3) is 0 Å². The van der Waals surface area contributed by atoms with Crippen molar-refractivity contribution in [3.63, 3.8) is 0 Å². The highest BCUT2D eigenvalue weighted by Crippen LogP contribution is 2.07. The van der Waals surface area contributed by atoms with Crippen LogP contribution in [0.5, 0.6) is 0 Å². The lowest BCUT2D eigenvalue weighted by molar-refractivity contribution is -0.130. The third-order valence-electron chi connectivity index (χ3n) is 3.04. The van der Waals surface area contributed by atoms with Crippen LogP contribution in [-0.2, 0) is 4.79 Å². The van der Waals surface area contributed by atoms with Crippen molar-refractivity contribution in [3.05, 3.63) is 30.1 Å². The monoisotopic (exact) mass is 249 g/mol. The van der Waals surface area contributed by atoms with Gasteiger partial charge in [-0.05, 0) is 32.9 Å². The number of carbonyl (C=O) groups is 1. The van der Waals surface area contributed by atoms with E-state index in [-0.39, 0.29) is 11.9 Å². The zero-order valence-electron chi connectivity index (χ0n) is 11.5. The summed E-state index contributed by atoms with van der Waals surface area (Å²) < 4.78 is 0. The van der Waals surface area contributed by atoms with Crippen molar-refractivity contribution in [1.82, 2.24) is 15.2 Å². The Balaban J connectivity index is 2.32. The van der Waals surface area contributed by atoms with Crippen LogP contribution >= 0.6 is 0 Å². The molecule has 0 spiro atoms. The molecule has 1 atom stereocenters. The molecule has 0 radical (unpaired) electrons. The van der Waals surface area contributed by atoms with Crippen LogP contribution in [-0.4, -0.2) is 35.4 Å². The summed E-state index contributed by atoms with van der Waals surface area (Å²) in [6, 6.07) is 6.04. The Morgan fingerprint density at radius 2 is 2.11 bits per heavy atom. The third-order valence-corrected chi connectivity index (χ3v) is 3.04. The molecule has 4 heteroatoms. The summed E-state index contributed by atoms with van der Waals surface area (Å²) in [5, 5.41) is 3.32. The fraction of sp³-hybridized carbons (Fsp3) is 0.571. The maximum absolute atomic E-state index is 11.8. The molecule has 1 unspecified atom stereocenters. The molecule has 0 saturated heterocycles. The average molecular weight is 249 g/mol. The summed E-state index contributed by atoms with van der Waals surface area (Å²) >= 11 is 0. The molecule has 1 aromatic heterocycles. The van der Waals surface area contributed by atoms with Crippen LogP contribution in [0.3, 0.4) is 0 Å². The maximum Gasteiger partial charge on any atom is 0.223 e. The summed E-state index contributed by atoms with van der Waals surface area (Å²) in [6.07, 6.45) is 2.33. The zero-order chi connectivity index (χ0) is 13.4. The number of rotatable bonds is 7. The fourth-order valence-electron chi connectivity index (χ4n) is 1.87. The van der Waals surface area contributed by atoms with Gasteiger partial charge in [-0.3, -0.25) is 9.78 Å². The van der Waals surface area contributed by atoms with Gasteiger partial charge < -0.3 is 10.2 Å². The fourth-order valence-corrected chi connectivity index (χ4v) is 1.87. The van der Waals surface area contributed by atoms with Gasteiger partial charge in [0.1, 0.15) is 0 Å². The van der Waals surface area contributed by atoms with E-state index in [1.165, 1.54) is 0 Å². The second kappa shape index (κ2) is 7.82. The van der Waals surface area contributed by atoms with E-state index >= 15 is 0 Å². The first kappa shape index (κ1) is 14.6. The smallest absolute Gasteiger partial charge is 0.223 e. The van der Waals surface area contributed by atoms with Crippen LogP contribution in [0.25, 0.3) is 0 Å². The Bertz CT molecular complexity index is 349. The molecule has 0 saturated carbocycles. The number of hydrogen-bond acceptors (Lipinski definition) is 3. The molecule has 1 heterocycles. The molecule has 0 aliphatic rings. The molecule has 1 rings (SSSR count). The van der Waals surface area contributed by atoms with Crippen LogP contribution < -0.4 is 5.32 Å². The molecular weight excluding hydrogens is 226 g/mol. The Labute approximate surface area is 109 Å². The van der Waals surface area contributed by atoms with Gasteiger partial charge in [0, 0.05) is 38.3 Å². The van der Waals surface area contributed by atoms with Crippen molar-refractivity contribution in [3.8, 4) is 0 Å². The number of nitrogens with one attached hydrogen (secondary N) is 1. The molecule has 100 valence electrons. The molecule has 0 fully saturated rings. The van der Waals surface area contributed by atoms with Gasteiger partial charge >= 0.3 is 0 Å². The SMILES string of the molecule is CCN(CC)C(=O)CCNC(C)c1ccccn1. The minimum Gasteiger partial charge on any atom is -0.343 e. The van der Waals surface area contributed by atoms with E-state index in [4.69, 9.17) is 0 Å². The molecular formula is C14H23N3O. The molecule has 18 heavy (non-hydrogen) atoms. The van der Waals surface area contributed by atoms with Crippen molar-refractivity contribution in [2.45, 2.75) is 33.2 Å². The minimum atomic E-state index is 0.177. The number of carbonyl (C=O) groups excluding carboxylic acids is 1. The summed E-state index contributed by atoms with van der Waals surface area (Å²) in [5.41, 5.74) is 1.01. The van der Waals surface area contributed by atoms with Crippen molar-refractivity contribution >= 4 is 5.91 Å². The van der Waals surface area contributed by atoms with Gasteiger partial charge in [-0.15, -0.1) is 0 Å². The Kier molecular flexibility index (Phi) is 6.36. The van der Waals surface area contributed by atoms with Crippen molar-refractivity contribution in [1.29, 1.82) is 0 Å². The Hall–Kier alpha value is -1.42. The highest BCUT2D eigenvalue weighted by atomic mass is 16.2. The molecule has 0 aliphatic heterocycles. The average Bonchev–Trinajstić information content (AvgIpc) is 2.41. The van der Waals surface area contributed by atoms with Gasteiger partial charge in [-0.1, -0.05) is 6.07 Å². The summed E-state index contributed by atoms with van der Waals surface area (Å²) in [6.45, 7) is 8.32. The molecule has 4 nitrogen and oxygen atoms in total. The lowest BCUT2D eigenvalue weighted by Crippen LogP contribution is -2.33. The number of aromatic nitrogens is 1. The summed E-state index contributed by atoms with van der Waals surface area (Å²) in [4.78, 5) is 17.9. The van der Waals surface area contributed by atoms with Gasteiger partial charge in [0.05, 0.1) is 5.69 Å². The number of hydrogen-bond donors (Lipinski definition) is 1. The normalized spacial score (nSPS) is 12.2. The van der Waals surface area contributed by atoms with E-state index in [1.54, 1.807) is 6.20 Å². The van der Waals surface area contributed by atoms with E-state index in [9.17, 15) is 4.79 Å². The standard InChI is InChI=1S/C14H23N3O/c1-4-17(5-2)14(18)9-11-15-12(3)13-8-6-7-10-16-13/h6-8,10,12,15H,4-5,9,11H2,1-3H3. The first-order valence-corrected chi connectivity index (χ1v) is 6.61. The van der Waals surface area contributed by atoms with Crippen molar-refractivity contribution in [2.75, 3.05) is 19.6 Å². The highest BCUT2D eigenvalue weighted by molar-refractivity contribution is 5.76. The first-order valence-electron chi connectivity index (χ1n) is 6.61. The molecule has 0 aliphatic carbocycles. The lowest BCUT2D eigenvalue weighted by Gasteiger charge is -2.19. The second-order valence-electron chi connectivity index (χ2n) is 4.25. The zero-order valence-corrected chi connectivity index (χ0v) is 11.5. The first-order chi connectivity index (χ1) is 8.69. The predicted molar refractivity (Wildman–Crippen MR) is 73.2 cm³/mol. The minimum absolute atomic E-state index is 0.177. The van der Waals surface area contributed by atoms with Gasteiger partial charge in [0.15, 0.2) is 0 Å². The van der Waals surface area contributed by atoms with Crippen LogP contribution in [0.1, 0.15) is 38.9 Å². The quantitative estimate of drug-likeness (QED) is 0.804. The number of amides is 1. The molecule has 0 aromatic carbocycles. The highest BCUT2D eigenvalue weighted by Gasteiger charge is 2.10. The molecule has 1 aromatic rings. The van der Waals surface area contributed by atoms with E-state index in [1.807, 2.05) is 36.9 Å². The summed E-state index contributed by atoms with van der Waals surface area (Å²) in [7, 11) is 0. The van der Waals surface area contributed by atoms with Gasteiger partial charge in [0.2, 0.25) is 5.91 Å². The molecule has 1 N–H and O–H groups in total. The number of nitrogens with zero attached hydrogens (tertiary/aromatic N) is 2. The van der Waals surface area contributed by atoms with Gasteiger partial charge in [-0.2, -0.15) is 0 Å². The maximum atomic E-state index is 11.8. The van der Waals surface area contributed by atoms with Crippen LogP contribution in [0.15, 0.2) is 24.4 Å². The summed E-state index contributed by atoms with van der Waals surface area (Å²) in [5.74, 6) is 0.209. The lowest BCUT2D eigenvalue weighted by atomic mass is 10.2. The van der Waals surface area contributed by atoms with Crippen LogP contribution in [0.4, 0.5) is 0 Å². The predicted octanol–water partition coefficient (Wildman–Crippen LogP) is 1.99. The number of pyridine rings is 1. The second-order valence-corrected chi connectivity index (χ2v) is 4.25. The van der Waals surface area contributed by atoms with E-state index < -0.39 is 0 Å². The topological polar surface area (TPSA) is 45.2 Å². The van der Waals surface area contributed by atoms with Gasteiger partial charge in [-0.25, -0.2) is 0 Å². The molecule has 0 bridgehead atoms. The van der Waals surface area contributed by atoms with Crippen LogP contribution in [0, 0.1) is 0 Å². The third kappa shape index (κ3) is 4.45. The van der Waals surface area contributed by atoms with Crippen LogP contribution in [0.2, 0.25) is 0 Å². The van der Waals surface area contributed by atoms with E-state index in [2.05, 4.69) is 17.2 Å². The molecule has 1 amide bonds. The van der Waals surface area contributed by atoms with E-state index in [0.29, 0.717) is 13.0 Å². The largest absolute Gasteiger partial charge is 0.343 e. The van der Waals surface area contributed by atoms with Crippen molar-refractivity contribution < 1.29 is 4.79 Å².